The lowest BCUT2D eigenvalue weighted by Crippen LogP contribution is -2.40. The molecule has 0 spiro atoms. The van der Waals surface area contributed by atoms with Crippen LogP contribution in [-0.2, 0) is 4.79 Å². The fourth-order valence-corrected chi connectivity index (χ4v) is 2.61. The van der Waals surface area contributed by atoms with Gasteiger partial charge in [-0.2, -0.15) is 12.6 Å². The van der Waals surface area contributed by atoms with Gasteiger partial charge in [0.25, 0.3) is 0 Å². The van der Waals surface area contributed by atoms with E-state index in [1.165, 1.54) is 12.8 Å². The third-order valence-electron chi connectivity index (χ3n) is 3.62. The van der Waals surface area contributed by atoms with Gasteiger partial charge >= 0.3 is 0 Å². The van der Waals surface area contributed by atoms with Crippen LogP contribution < -0.4 is 5.32 Å². The van der Waals surface area contributed by atoms with Crippen molar-refractivity contribution in [1.82, 2.24) is 10.2 Å². The summed E-state index contributed by atoms with van der Waals surface area (Å²) in [5, 5.41) is 3.32. The number of carbonyl (C=O) groups excluding carboxylic acids is 1. The Balaban J connectivity index is 2.58. The van der Waals surface area contributed by atoms with Crippen LogP contribution in [0.25, 0.3) is 0 Å². The predicted octanol–water partition coefficient (Wildman–Crippen LogP) is 1.74. The molecule has 0 heterocycles. The van der Waals surface area contributed by atoms with E-state index < -0.39 is 0 Å². The second kappa shape index (κ2) is 5.92. The first-order valence-corrected chi connectivity index (χ1v) is 6.57. The molecule has 0 aromatic rings. The van der Waals surface area contributed by atoms with Crippen LogP contribution in [0.5, 0.6) is 0 Å². The Hall–Kier alpha value is -0.220. The molecular weight excluding hydrogens is 220 g/mol. The summed E-state index contributed by atoms with van der Waals surface area (Å²) in [6.45, 7) is 3.79. The van der Waals surface area contributed by atoms with Crippen molar-refractivity contribution in [3.8, 4) is 0 Å². The summed E-state index contributed by atoms with van der Waals surface area (Å²) in [6.07, 6.45) is 3.68. The summed E-state index contributed by atoms with van der Waals surface area (Å²) < 4.78 is 0. The zero-order valence-electron chi connectivity index (χ0n) is 10.7. The Morgan fingerprint density at radius 3 is 2.50 bits per heavy atom. The maximum Gasteiger partial charge on any atom is 0.220 e. The van der Waals surface area contributed by atoms with Gasteiger partial charge < -0.3 is 10.2 Å². The van der Waals surface area contributed by atoms with E-state index in [0.717, 1.165) is 12.3 Å². The molecule has 1 saturated carbocycles. The van der Waals surface area contributed by atoms with Crippen molar-refractivity contribution in [2.45, 2.75) is 44.5 Å². The third-order valence-corrected chi connectivity index (χ3v) is 4.35. The van der Waals surface area contributed by atoms with E-state index >= 15 is 0 Å². The van der Waals surface area contributed by atoms with E-state index in [4.69, 9.17) is 0 Å². The van der Waals surface area contributed by atoms with Gasteiger partial charge in [-0.15, -0.1) is 0 Å². The smallest absolute Gasteiger partial charge is 0.220 e. The average Bonchev–Trinajstić information content (AvgIpc) is 3.07. The highest BCUT2D eigenvalue weighted by atomic mass is 32.1. The highest BCUT2D eigenvalue weighted by Crippen LogP contribution is 2.42. The van der Waals surface area contributed by atoms with Crippen molar-refractivity contribution in [2.75, 3.05) is 14.1 Å². The van der Waals surface area contributed by atoms with Gasteiger partial charge in [-0.25, -0.2) is 0 Å². The van der Waals surface area contributed by atoms with E-state index in [9.17, 15) is 4.79 Å². The summed E-state index contributed by atoms with van der Waals surface area (Å²) in [7, 11) is 3.83. The third kappa shape index (κ3) is 3.67. The highest BCUT2D eigenvalue weighted by molar-refractivity contribution is 7.80. The molecule has 4 heteroatoms. The molecule has 3 nitrogen and oxygen atoms in total. The lowest BCUT2D eigenvalue weighted by atomic mass is 9.94. The Morgan fingerprint density at radius 1 is 1.56 bits per heavy atom. The molecule has 1 rings (SSSR count). The van der Waals surface area contributed by atoms with E-state index in [1.54, 1.807) is 11.8 Å². The second-order valence-corrected chi connectivity index (χ2v) is 5.50. The number of amides is 1. The zero-order valence-corrected chi connectivity index (χ0v) is 11.6. The van der Waals surface area contributed by atoms with Crippen LogP contribution in [0.3, 0.4) is 0 Å². The zero-order chi connectivity index (χ0) is 12.3. The van der Waals surface area contributed by atoms with Gasteiger partial charge in [-0.05, 0) is 45.1 Å². The van der Waals surface area contributed by atoms with Crippen LogP contribution in [0.2, 0.25) is 0 Å². The first kappa shape index (κ1) is 13.8. The normalized spacial score (nSPS) is 21.3. The van der Waals surface area contributed by atoms with E-state index in [0.29, 0.717) is 12.0 Å². The number of nitrogens with zero attached hydrogens (tertiary/aromatic N) is 1. The summed E-state index contributed by atoms with van der Waals surface area (Å²) in [5.41, 5.74) is 0. The van der Waals surface area contributed by atoms with Crippen molar-refractivity contribution in [1.29, 1.82) is 0 Å². The summed E-state index contributed by atoms with van der Waals surface area (Å²) in [4.78, 5) is 13.1. The molecular formula is C12H24N2OS. The van der Waals surface area contributed by atoms with Crippen LogP contribution in [0.4, 0.5) is 0 Å². The fourth-order valence-electron chi connectivity index (χ4n) is 2.08. The number of nitrogens with one attached hydrogen (secondary N) is 1. The van der Waals surface area contributed by atoms with Crippen molar-refractivity contribution in [2.24, 2.45) is 11.8 Å². The number of hydrogen-bond acceptors (Lipinski definition) is 3. The first-order chi connectivity index (χ1) is 7.47. The van der Waals surface area contributed by atoms with Gasteiger partial charge in [-0.3, -0.25) is 4.79 Å². The fraction of sp³-hybridized carbons (Fsp3) is 0.917. The lowest BCUT2D eigenvalue weighted by Gasteiger charge is -2.32. The topological polar surface area (TPSA) is 32.3 Å². The Kier molecular flexibility index (Phi) is 5.12. The Morgan fingerprint density at radius 2 is 2.12 bits per heavy atom. The first-order valence-electron chi connectivity index (χ1n) is 6.06. The minimum Gasteiger partial charge on any atom is -0.334 e. The van der Waals surface area contributed by atoms with Crippen molar-refractivity contribution in [3.05, 3.63) is 0 Å². The average molecular weight is 244 g/mol. The number of carbonyl (C=O) groups is 1. The van der Waals surface area contributed by atoms with Crippen LogP contribution >= 0.6 is 12.6 Å². The number of thiol groups is 1. The summed E-state index contributed by atoms with van der Waals surface area (Å²) >= 11 is 4.63. The summed E-state index contributed by atoms with van der Waals surface area (Å²) in [6, 6.07) is 0.487. The molecule has 94 valence electrons. The molecule has 1 aliphatic carbocycles. The lowest BCUT2D eigenvalue weighted by molar-refractivity contribution is -0.128. The summed E-state index contributed by atoms with van der Waals surface area (Å²) in [5.74, 6) is 1.38. The highest BCUT2D eigenvalue weighted by Gasteiger charge is 2.37. The van der Waals surface area contributed by atoms with Crippen LogP contribution in [0.1, 0.15) is 33.1 Å². The van der Waals surface area contributed by atoms with E-state index in [2.05, 4.69) is 24.9 Å². The van der Waals surface area contributed by atoms with Crippen LogP contribution in [0.15, 0.2) is 0 Å². The maximum atomic E-state index is 11.3. The molecule has 0 saturated heterocycles. The molecule has 1 amide bonds. The van der Waals surface area contributed by atoms with Crippen LogP contribution in [-0.4, -0.2) is 36.3 Å². The quantitative estimate of drug-likeness (QED) is 0.551. The SMILES string of the molecule is CNC(C)CC(C1CC1)C(S)N(C)C(C)=O. The molecule has 16 heavy (non-hydrogen) atoms. The molecule has 0 aromatic carbocycles. The molecule has 1 N–H and O–H groups in total. The molecule has 3 atom stereocenters. The van der Waals surface area contributed by atoms with E-state index in [-0.39, 0.29) is 11.3 Å². The molecule has 3 unspecified atom stereocenters. The molecule has 0 aliphatic heterocycles. The molecule has 1 aliphatic rings. The predicted molar refractivity (Wildman–Crippen MR) is 70.6 cm³/mol. The maximum absolute atomic E-state index is 11.3. The van der Waals surface area contributed by atoms with Crippen molar-refractivity contribution in [3.63, 3.8) is 0 Å². The Bertz CT molecular complexity index is 243. The largest absolute Gasteiger partial charge is 0.334 e. The van der Waals surface area contributed by atoms with Gasteiger partial charge in [0.1, 0.15) is 0 Å². The molecule has 0 aromatic heterocycles. The van der Waals surface area contributed by atoms with Gasteiger partial charge in [0.15, 0.2) is 0 Å². The van der Waals surface area contributed by atoms with Crippen molar-refractivity contribution < 1.29 is 4.79 Å². The van der Waals surface area contributed by atoms with Gasteiger partial charge in [0.05, 0.1) is 5.37 Å². The minimum absolute atomic E-state index is 0.0563. The number of hydrogen-bond donors (Lipinski definition) is 2. The van der Waals surface area contributed by atoms with Gasteiger partial charge in [-0.1, -0.05) is 0 Å². The second-order valence-electron chi connectivity index (χ2n) is 4.97. The Labute approximate surface area is 104 Å². The molecule has 1 fully saturated rings. The van der Waals surface area contributed by atoms with Gasteiger partial charge in [0, 0.05) is 20.0 Å². The van der Waals surface area contributed by atoms with Crippen LogP contribution in [0, 0.1) is 11.8 Å². The van der Waals surface area contributed by atoms with Crippen molar-refractivity contribution >= 4 is 18.5 Å². The number of rotatable bonds is 6. The standard InChI is InChI=1S/C12H24N2OS/c1-8(13-3)7-11(10-5-6-10)12(16)14(4)9(2)15/h8,10-13,16H,5-7H2,1-4H3. The van der Waals surface area contributed by atoms with Gasteiger partial charge in [0.2, 0.25) is 5.91 Å². The molecule has 0 radical (unpaired) electrons. The monoisotopic (exact) mass is 244 g/mol. The van der Waals surface area contributed by atoms with E-state index in [1.807, 2.05) is 14.1 Å². The molecule has 0 bridgehead atoms. The minimum atomic E-state index is 0.0563.